The molecule has 0 aliphatic rings. The number of ether oxygens (including phenoxy) is 1. The van der Waals surface area contributed by atoms with Gasteiger partial charge in [-0.05, 0) is 53.3 Å². The molecular formula is C24H25FO2. The SMILES string of the molecule is CC(C)C(=O)COc1cc(F)cc(CCCc2ccc3ccccc3c2)c1. The Morgan fingerprint density at radius 2 is 1.67 bits per heavy atom. The molecule has 0 aliphatic heterocycles. The summed E-state index contributed by atoms with van der Waals surface area (Å²) in [5, 5.41) is 2.48. The van der Waals surface area contributed by atoms with Gasteiger partial charge in [-0.25, -0.2) is 4.39 Å². The zero-order valence-electron chi connectivity index (χ0n) is 15.9. The maximum absolute atomic E-state index is 13.9. The number of ketones is 1. The van der Waals surface area contributed by atoms with Gasteiger partial charge in [-0.2, -0.15) is 0 Å². The third-order valence-corrected chi connectivity index (χ3v) is 4.70. The van der Waals surface area contributed by atoms with E-state index in [1.807, 2.05) is 32.0 Å². The zero-order valence-corrected chi connectivity index (χ0v) is 15.9. The van der Waals surface area contributed by atoms with Crippen molar-refractivity contribution < 1.29 is 13.9 Å². The quantitative estimate of drug-likeness (QED) is 0.508. The van der Waals surface area contributed by atoms with Crippen LogP contribution in [-0.2, 0) is 17.6 Å². The standard InChI is InChI=1S/C24H25FO2/c1-17(2)24(26)16-27-23-14-19(13-22(25)15-23)7-5-6-18-10-11-20-8-3-4-9-21(20)12-18/h3-4,8-15,17H,5-7,16H2,1-2H3. The maximum atomic E-state index is 13.9. The number of halogens is 1. The largest absolute Gasteiger partial charge is 0.486 e. The van der Waals surface area contributed by atoms with Crippen LogP contribution in [0.3, 0.4) is 0 Å². The summed E-state index contributed by atoms with van der Waals surface area (Å²) in [4.78, 5) is 11.7. The van der Waals surface area contributed by atoms with Crippen LogP contribution in [-0.4, -0.2) is 12.4 Å². The highest BCUT2D eigenvalue weighted by Crippen LogP contribution is 2.20. The summed E-state index contributed by atoms with van der Waals surface area (Å²) >= 11 is 0. The molecule has 27 heavy (non-hydrogen) atoms. The molecule has 0 amide bonds. The Hall–Kier alpha value is -2.68. The minimum Gasteiger partial charge on any atom is -0.486 e. The van der Waals surface area contributed by atoms with E-state index in [0.717, 1.165) is 24.8 Å². The van der Waals surface area contributed by atoms with E-state index in [-0.39, 0.29) is 24.1 Å². The molecule has 0 heterocycles. The van der Waals surface area contributed by atoms with Crippen LogP contribution in [0.5, 0.6) is 5.75 Å². The minimum atomic E-state index is -0.329. The van der Waals surface area contributed by atoms with Gasteiger partial charge in [0.1, 0.15) is 18.2 Å². The lowest BCUT2D eigenvalue weighted by molar-refractivity contribution is -0.123. The highest BCUT2D eigenvalue weighted by atomic mass is 19.1. The van der Waals surface area contributed by atoms with Crippen LogP contribution in [0, 0.1) is 11.7 Å². The number of hydrogen-bond acceptors (Lipinski definition) is 2. The second-order valence-corrected chi connectivity index (χ2v) is 7.24. The number of hydrogen-bond donors (Lipinski definition) is 0. The number of fused-ring (bicyclic) bond motifs is 1. The molecule has 140 valence electrons. The van der Waals surface area contributed by atoms with Gasteiger partial charge >= 0.3 is 0 Å². The van der Waals surface area contributed by atoms with E-state index in [1.165, 1.54) is 28.5 Å². The molecular weight excluding hydrogens is 339 g/mol. The fourth-order valence-electron chi connectivity index (χ4n) is 3.06. The predicted molar refractivity (Wildman–Crippen MR) is 108 cm³/mol. The van der Waals surface area contributed by atoms with E-state index in [0.29, 0.717) is 5.75 Å². The molecule has 3 heteroatoms. The van der Waals surface area contributed by atoms with E-state index < -0.39 is 0 Å². The molecule has 0 bridgehead atoms. The molecule has 3 aromatic carbocycles. The van der Waals surface area contributed by atoms with Gasteiger partial charge in [0.25, 0.3) is 0 Å². The lowest BCUT2D eigenvalue weighted by Gasteiger charge is -2.10. The van der Waals surface area contributed by atoms with E-state index in [4.69, 9.17) is 4.74 Å². The Labute approximate surface area is 160 Å². The van der Waals surface area contributed by atoms with Crippen LogP contribution >= 0.6 is 0 Å². The zero-order chi connectivity index (χ0) is 19.2. The molecule has 0 N–H and O–H groups in total. The third kappa shape index (κ3) is 5.40. The first kappa shape index (κ1) is 19.1. The van der Waals surface area contributed by atoms with E-state index in [2.05, 4.69) is 30.3 Å². The van der Waals surface area contributed by atoms with Crippen molar-refractivity contribution >= 4 is 16.6 Å². The number of aryl methyl sites for hydroxylation is 2. The van der Waals surface area contributed by atoms with Crippen LogP contribution in [0.15, 0.2) is 60.7 Å². The van der Waals surface area contributed by atoms with Crippen molar-refractivity contribution in [2.45, 2.75) is 33.1 Å². The van der Waals surface area contributed by atoms with Crippen molar-refractivity contribution in [3.63, 3.8) is 0 Å². The van der Waals surface area contributed by atoms with Gasteiger partial charge in [0.2, 0.25) is 0 Å². The summed E-state index contributed by atoms with van der Waals surface area (Å²) in [6, 6.07) is 19.5. The van der Waals surface area contributed by atoms with E-state index >= 15 is 0 Å². The van der Waals surface area contributed by atoms with Crippen molar-refractivity contribution in [1.29, 1.82) is 0 Å². The fourth-order valence-corrected chi connectivity index (χ4v) is 3.06. The smallest absolute Gasteiger partial charge is 0.172 e. The number of carbonyl (C=O) groups is 1. The average molecular weight is 364 g/mol. The number of rotatable bonds is 8. The molecule has 0 saturated heterocycles. The molecule has 0 saturated carbocycles. The summed E-state index contributed by atoms with van der Waals surface area (Å²) in [5.41, 5.74) is 2.17. The molecule has 0 radical (unpaired) electrons. The summed E-state index contributed by atoms with van der Waals surface area (Å²) < 4.78 is 19.3. The number of benzene rings is 3. The Morgan fingerprint density at radius 1 is 0.926 bits per heavy atom. The first-order valence-electron chi connectivity index (χ1n) is 9.44. The Kier molecular flexibility index (Phi) is 6.23. The Balaban J connectivity index is 1.59. The van der Waals surface area contributed by atoms with Crippen molar-refractivity contribution in [3.05, 3.63) is 77.6 Å². The van der Waals surface area contributed by atoms with Gasteiger partial charge in [0.15, 0.2) is 5.78 Å². The summed E-state index contributed by atoms with van der Waals surface area (Å²) in [6.07, 6.45) is 2.62. The average Bonchev–Trinajstić information content (AvgIpc) is 2.65. The highest BCUT2D eigenvalue weighted by Gasteiger charge is 2.09. The molecule has 3 rings (SSSR count). The highest BCUT2D eigenvalue weighted by molar-refractivity contribution is 5.83. The van der Waals surface area contributed by atoms with Gasteiger partial charge in [-0.1, -0.05) is 56.3 Å². The van der Waals surface area contributed by atoms with Gasteiger partial charge in [-0.3, -0.25) is 4.79 Å². The summed E-state index contributed by atoms with van der Waals surface area (Å²) in [7, 11) is 0. The van der Waals surface area contributed by atoms with E-state index in [1.54, 1.807) is 0 Å². The van der Waals surface area contributed by atoms with Crippen molar-refractivity contribution in [2.24, 2.45) is 5.92 Å². The van der Waals surface area contributed by atoms with Crippen LogP contribution < -0.4 is 4.74 Å². The minimum absolute atomic E-state index is 0.0112. The molecule has 0 spiro atoms. The predicted octanol–water partition coefficient (Wildman–Crippen LogP) is 5.76. The lowest BCUT2D eigenvalue weighted by atomic mass is 10.0. The molecule has 0 fully saturated rings. The first-order chi connectivity index (χ1) is 13.0. The summed E-state index contributed by atoms with van der Waals surface area (Å²) in [6.45, 7) is 3.64. The normalized spacial score (nSPS) is 11.1. The van der Waals surface area contributed by atoms with Crippen LogP contribution in [0.1, 0.15) is 31.4 Å². The Morgan fingerprint density at radius 3 is 2.44 bits per heavy atom. The Bertz CT molecular complexity index is 931. The van der Waals surface area contributed by atoms with Crippen LogP contribution in [0.2, 0.25) is 0 Å². The van der Waals surface area contributed by atoms with Crippen molar-refractivity contribution in [1.82, 2.24) is 0 Å². The molecule has 0 aromatic heterocycles. The van der Waals surface area contributed by atoms with Gasteiger partial charge in [0, 0.05) is 12.0 Å². The number of Topliss-reactive ketones (excluding diaryl/α,β-unsaturated/α-hetero) is 1. The second-order valence-electron chi connectivity index (χ2n) is 7.24. The second kappa shape index (κ2) is 8.81. The van der Waals surface area contributed by atoms with Crippen molar-refractivity contribution in [3.8, 4) is 5.75 Å². The number of carbonyl (C=O) groups excluding carboxylic acids is 1. The van der Waals surface area contributed by atoms with Crippen LogP contribution in [0.25, 0.3) is 10.8 Å². The maximum Gasteiger partial charge on any atom is 0.172 e. The molecule has 0 unspecified atom stereocenters. The van der Waals surface area contributed by atoms with Gasteiger partial charge in [-0.15, -0.1) is 0 Å². The molecule has 0 aliphatic carbocycles. The summed E-state index contributed by atoms with van der Waals surface area (Å²) in [5.74, 6) is 0.0204. The van der Waals surface area contributed by atoms with Gasteiger partial charge in [0.05, 0.1) is 0 Å². The van der Waals surface area contributed by atoms with Crippen LogP contribution in [0.4, 0.5) is 4.39 Å². The monoisotopic (exact) mass is 364 g/mol. The third-order valence-electron chi connectivity index (χ3n) is 4.70. The lowest BCUT2D eigenvalue weighted by Crippen LogP contribution is -2.16. The van der Waals surface area contributed by atoms with Crippen molar-refractivity contribution in [2.75, 3.05) is 6.61 Å². The molecule has 0 atom stereocenters. The van der Waals surface area contributed by atoms with Gasteiger partial charge < -0.3 is 4.74 Å². The van der Waals surface area contributed by atoms with E-state index in [9.17, 15) is 9.18 Å². The topological polar surface area (TPSA) is 26.3 Å². The fraction of sp³-hybridized carbons (Fsp3) is 0.292. The first-order valence-corrected chi connectivity index (χ1v) is 9.44. The molecule has 2 nitrogen and oxygen atoms in total. The molecule has 3 aromatic rings.